The van der Waals surface area contributed by atoms with Crippen molar-refractivity contribution in [2.24, 2.45) is 0 Å². The largest absolute Gasteiger partial charge is 0.497 e. The van der Waals surface area contributed by atoms with Crippen LogP contribution >= 0.6 is 0 Å². The number of carbonyl (C=O) groups excluding carboxylic acids is 1. The molecule has 0 fully saturated rings. The van der Waals surface area contributed by atoms with Crippen LogP contribution in [0.5, 0.6) is 5.75 Å². The lowest BCUT2D eigenvalue weighted by atomic mass is 10.0. The first-order valence-electron chi connectivity index (χ1n) is 7.71. The lowest BCUT2D eigenvalue weighted by Gasteiger charge is -2.13. The zero-order chi connectivity index (χ0) is 18.3. The first kappa shape index (κ1) is 16.3. The molecule has 130 valence electrons. The Morgan fingerprint density at radius 1 is 1.04 bits per heavy atom. The van der Waals surface area contributed by atoms with Crippen molar-refractivity contribution in [2.75, 3.05) is 7.11 Å². The average Bonchev–Trinajstić information content (AvgIpc) is 3.15. The Morgan fingerprint density at radius 2 is 1.85 bits per heavy atom. The van der Waals surface area contributed by atoms with E-state index in [-0.39, 0.29) is 21.8 Å². The molecule has 0 spiro atoms. The number of benzene rings is 2. The van der Waals surface area contributed by atoms with Crippen LogP contribution in [0, 0.1) is 0 Å². The topological polar surface area (TPSA) is 86.5 Å². The SMILES string of the molecule is COc1cccc(-c2cc(C3=CS(=O)(=O)c4ccccc4C3=O)on2)c1. The molecular weight excluding hydrogens is 354 g/mol. The number of hydrogen-bond donors (Lipinski definition) is 0. The first-order chi connectivity index (χ1) is 12.5. The molecule has 26 heavy (non-hydrogen) atoms. The standard InChI is InChI=1S/C19H13NO5S/c1-24-13-6-4-5-12(9-13)16-10-17(25-20-16)15-11-26(22,23)18-8-3-2-7-14(18)19(15)21/h2-11H,1H3. The van der Waals surface area contributed by atoms with Crippen molar-refractivity contribution in [3.63, 3.8) is 0 Å². The Labute approximate surface area is 149 Å². The van der Waals surface area contributed by atoms with Crippen LogP contribution in [0.1, 0.15) is 16.1 Å². The number of aromatic nitrogens is 1. The zero-order valence-corrected chi connectivity index (χ0v) is 14.5. The Bertz CT molecular complexity index is 1160. The quantitative estimate of drug-likeness (QED) is 0.705. The van der Waals surface area contributed by atoms with E-state index in [0.29, 0.717) is 11.4 Å². The van der Waals surface area contributed by atoms with Crippen LogP contribution in [-0.4, -0.2) is 26.5 Å². The number of Topliss-reactive ketones (excluding diaryl/α,β-unsaturated/α-hetero) is 1. The van der Waals surface area contributed by atoms with Gasteiger partial charge in [0.2, 0.25) is 9.84 Å². The maximum atomic E-state index is 12.7. The van der Waals surface area contributed by atoms with Crippen LogP contribution in [0.25, 0.3) is 16.8 Å². The van der Waals surface area contributed by atoms with Crippen molar-refractivity contribution in [3.8, 4) is 17.0 Å². The minimum atomic E-state index is -3.73. The van der Waals surface area contributed by atoms with Gasteiger partial charge in [0.25, 0.3) is 0 Å². The summed E-state index contributed by atoms with van der Waals surface area (Å²) >= 11 is 0. The van der Waals surface area contributed by atoms with Gasteiger partial charge >= 0.3 is 0 Å². The van der Waals surface area contributed by atoms with E-state index in [1.807, 2.05) is 6.07 Å². The summed E-state index contributed by atoms with van der Waals surface area (Å²) in [4.78, 5) is 12.7. The highest BCUT2D eigenvalue weighted by Crippen LogP contribution is 2.34. The highest BCUT2D eigenvalue weighted by Gasteiger charge is 2.32. The molecule has 7 heteroatoms. The van der Waals surface area contributed by atoms with Crippen LogP contribution in [0.2, 0.25) is 0 Å². The molecular formula is C19H13NO5S. The average molecular weight is 367 g/mol. The van der Waals surface area contributed by atoms with E-state index in [9.17, 15) is 13.2 Å². The van der Waals surface area contributed by atoms with E-state index in [1.165, 1.54) is 12.1 Å². The molecule has 6 nitrogen and oxygen atoms in total. The summed E-state index contributed by atoms with van der Waals surface area (Å²) in [5.41, 5.74) is 1.30. The molecule has 0 atom stereocenters. The molecule has 0 aliphatic carbocycles. The number of methoxy groups -OCH3 is 1. The van der Waals surface area contributed by atoms with Gasteiger partial charge in [0.15, 0.2) is 11.5 Å². The van der Waals surface area contributed by atoms with Gasteiger partial charge in [-0.3, -0.25) is 4.79 Å². The van der Waals surface area contributed by atoms with Gasteiger partial charge in [-0.1, -0.05) is 29.4 Å². The molecule has 1 aliphatic rings. The van der Waals surface area contributed by atoms with Gasteiger partial charge in [-0.2, -0.15) is 0 Å². The third-order valence-corrected chi connectivity index (χ3v) is 5.61. The second-order valence-electron chi connectivity index (χ2n) is 5.71. The van der Waals surface area contributed by atoms with Crippen LogP contribution in [-0.2, 0) is 9.84 Å². The predicted octanol–water partition coefficient (Wildman–Crippen LogP) is 3.36. The molecule has 0 radical (unpaired) electrons. The van der Waals surface area contributed by atoms with Crippen LogP contribution < -0.4 is 4.74 Å². The van der Waals surface area contributed by atoms with Crippen molar-refractivity contribution in [1.82, 2.24) is 5.16 Å². The molecule has 0 bridgehead atoms. The fourth-order valence-corrected chi connectivity index (χ4v) is 4.21. The van der Waals surface area contributed by atoms with E-state index >= 15 is 0 Å². The van der Waals surface area contributed by atoms with E-state index in [2.05, 4.69) is 5.16 Å². The van der Waals surface area contributed by atoms with Gasteiger partial charge in [-0.15, -0.1) is 0 Å². The molecule has 3 aromatic rings. The lowest BCUT2D eigenvalue weighted by Crippen LogP contribution is -2.15. The Kier molecular flexibility index (Phi) is 3.73. The molecule has 0 amide bonds. The normalized spacial score (nSPS) is 15.3. The number of sulfone groups is 1. The molecule has 0 saturated carbocycles. The molecule has 0 saturated heterocycles. The van der Waals surface area contributed by atoms with E-state index < -0.39 is 15.6 Å². The number of allylic oxidation sites excluding steroid dienone is 1. The van der Waals surface area contributed by atoms with Gasteiger partial charge in [-0.25, -0.2) is 8.42 Å². The summed E-state index contributed by atoms with van der Waals surface area (Å²) in [6, 6.07) is 14.8. The second-order valence-corrected chi connectivity index (χ2v) is 7.48. The van der Waals surface area contributed by atoms with Crippen molar-refractivity contribution in [3.05, 3.63) is 71.3 Å². The minimum Gasteiger partial charge on any atom is -0.497 e. The predicted molar refractivity (Wildman–Crippen MR) is 94.4 cm³/mol. The Hall–Kier alpha value is -3.19. The third kappa shape index (κ3) is 2.62. The van der Waals surface area contributed by atoms with Crippen molar-refractivity contribution < 1.29 is 22.5 Å². The molecule has 2 aromatic carbocycles. The Balaban J connectivity index is 1.79. The molecule has 1 aliphatic heterocycles. The van der Waals surface area contributed by atoms with Crippen molar-refractivity contribution in [1.29, 1.82) is 0 Å². The highest BCUT2D eigenvalue weighted by atomic mass is 32.2. The van der Waals surface area contributed by atoms with Crippen LogP contribution in [0.3, 0.4) is 0 Å². The second kappa shape index (κ2) is 5.96. The third-order valence-electron chi connectivity index (χ3n) is 4.10. The molecule has 4 rings (SSSR count). The smallest absolute Gasteiger partial charge is 0.201 e. The molecule has 0 unspecified atom stereocenters. The molecule has 0 N–H and O–H groups in total. The van der Waals surface area contributed by atoms with Gasteiger partial charge in [0.05, 0.1) is 23.0 Å². The highest BCUT2D eigenvalue weighted by molar-refractivity contribution is 7.94. The summed E-state index contributed by atoms with van der Waals surface area (Å²) in [5.74, 6) is 0.339. The number of fused-ring (bicyclic) bond motifs is 1. The maximum absolute atomic E-state index is 12.7. The van der Waals surface area contributed by atoms with Gasteiger partial charge in [0.1, 0.15) is 11.4 Å². The number of ketones is 1. The number of nitrogens with zero attached hydrogens (tertiary/aromatic N) is 1. The maximum Gasteiger partial charge on any atom is 0.201 e. The van der Waals surface area contributed by atoms with E-state index in [1.54, 1.807) is 43.5 Å². The summed E-state index contributed by atoms with van der Waals surface area (Å²) in [5, 5.41) is 4.89. The van der Waals surface area contributed by atoms with Crippen molar-refractivity contribution in [2.45, 2.75) is 4.90 Å². The fourth-order valence-electron chi connectivity index (χ4n) is 2.81. The van der Waals surface area contributed by atoms with E-state index in [4.69, 9.17) is 9.26 Å². The summed E-state index contributed by atoms with van der Waals surface area (Å²) < 4.78 is 35.4. The van der Waals surface area contributed by atoms with E-state index in [0.717, 1.165) is 11.0 Å². The monoisotopic (exact) mass is 367 g/mol. The number of rotatable bonds is 3. The lowest BCUT2D eigenvalue weighted by molar-refractivity contribution is 0.105. The van der Waals surface area contributed by atoms with Crippen LogP contribution in [0.4, 0.5) is 0 Å². The summed E-state index contributed by atoms with van der Waals surface area (Å²) in [7, 11) is -2.17. The number of ether oxygens (including phenoxy) is 1. The molecule has 1 aromatic heterocycles. The summed E-state index contributed by atoms with van der Waals surface area (Å²) in [6.45, 7) is 0. The zero-order valence-electron chi connectivity index (χ0n) is 13.7. The van der Waals surface area contributed by atoms with Gasteiger partial charge in [-0.05, 0) is 24.3 Å². The Morgan fingerprint density at radius 3 is 2.65 bits per heavy atom. The first-order valence-corrected chi connectivity index (χ1v) is 9.26. The van der Waals surface area contributed by atoms with Crippen LogP contribution in [0.15, 0.2) is 69.4 Å². The van der Waals surface area contributed by atoms with Crippen molar-refractivity contribution >= 4 is 21.2 Å². The minimum absolute atomic E-state index is 0.00119. The molecule has 2 heterocycles. The fraction of sp³-hybridized carbons (Fsp3) is 0.0526. The van der Waals surface area contributed by atoms with Gasteiger partial charge in [0, 0.05) is 17.2 Å². The number of hydrogen-bond acceptors (Lipinski definition) is 6. The van der Waals surface area contributed by atoms with Gasteiger partial charge < -0.3 is 9.26 Å². The summed E-state index contributed by atoms with van der Waals surface area (Å²) in [6.07, 6.45) is 0. The number of carbonyl (C=O) groups is 1.